The molecule has 2 unspecified atom stereocenters. The molecule has 72 valence electrons. The van der Waals surface area contributed by atoms with Crippen LogP contribution in [0, 0.1) is 0 Å². The molecular formula is C10H10N2O2. The number of aliphatic hydroxyl groups is 2. The number of aliphatic hydroxyl groups excluding tert-OH is 2. The van der Waals surface area contributed by atoms with Gasteiger partial charge in [0.15, 0.2) is 6.23 Å². The van der Waals surface area contributed by atoms with Gasteiger partial charge in [-0.2, -0.15) is 0 Å². The third-order valence-corrected chi connectivity index (χ3v) is 1.96. The van der Waals surface area contributed by atoms with Gasteiger partial charge in [-0.1, -0.05) is 6.07 Å². The number of hydrogen-bond donors (Lipinski definition) is 2. The first-order valence-electron chi connectivity index (χ1n) is 4.31. The molecule has 0 fully saturated rings. The number of rotatable bonds is 1. The number of aromatic nitrogens is 1. The minimum absolute atomic E-state index is 0.586. The van der Waals surface area contributed by atoms with Crippen molar-refractivity contribution in [1.82, 2.24) is 4.98 Å². The first kappa shape index (κ1) is 9.05. The molecule has 2 N–H and O–H groups in total. The van der Waals surface area contributed by atoms with E-state index in [4.69, 9.17) is 0 Å². The van der Waals surface area contributed by atoms with Gasteiger partial charge in [-0.25, -0.2) is 4.99 Å². The molecule has 0 aromatic carbocycles. The van der Waals surface area contributed by atoms with Crippen molar-refractivity contribution in [1.29, 1.82) is 0 Å². The van der Waals surface area contributed by atoms with Crippen molar-refractivity contribution in [3.8, 4) is 0 Å². The van der Waals surface area contributed by atoms with E-state index in [0.29, 0.717) is 11.4 Å². The van der Waals surface area contributed by atoms with Gasteiger partial charge in [-0.15, -0.1) is 0 Å². The van der Waals surface area contributed by atoms with E-state index in [9.17, 15) is 10.2 Å². The molecule has 0 amide bonds. The highest BCUT2D eigenvalue weighted by atomic mass is 16.3. The molecule has 1 aliphatic heterocycles. The summed E-state index contributed by atoms with van der Waals surface area (Å²) < 4.78 is 0. The van der Waals surface area contributed by atoms with Crippen LogP contribution in [0.25, 0.3) is 0 Å². The van der Waals surface area contributed by atoms with Crippen LogP contribution in [0.15, 0.2) is 41.5 Å². The van der Waals surface area contributed by atoms with Crippen molar-refractivity contribution >= 4 is 5.71 Å². The van der Waals surface area contributed by atoms with Crippen molar-refractivity contribution in [2.75, 3.05) is 0 Å². The van der Waals surface area contributed by atoms with E-state index in [2.05, 4.69) is 9.98 Å². The average molecular weight is 190 g/mol. The Bertz CT molecular complexity index is 373. The lowest BCUT2D eigenvalue weighted by Crippen LogP contribution is -2.26. The van der Waals surface area contributed by atoms with Gasteiger partial charge in [0.05, 0.1) is 11.4 Å². The fourth-order valence-electron chi connectivity index (χ4n) is 1.22. The van der Waals surface area contributed by atoms with E-state index in [1.807, 2.05) is 12.1 Å². The van der Waals surface area contributed by atoms with Gasteiger partial charge in [-0.05, 0) is 24.3 Å². The quantitative estimate of drug-likeness (QED) is 0.661. The molecule has 2 rings (SSSR count). The minimum atomic E-state index is -1.09. The Kier molecular flexibility index (Phi) is 2.39. The zero-order valence-corrected chi connectivity index (χ0v) is 7.41. The summed E-state index contributed by atoms with van der Waals surface area (Å²) >= 11 is 0. The van der Waals surface area contributed by atoms with Crippen molar-refractivity contribution in [3.05, 3.63) is 42.2 Å². The third kappa shape index (κ3) is 1.71. The summed E-state index contributed by atoms with van der Waals surface area (Å²) in [4.78, 5) is 7.99. The summed E-state index contributed by atoms with van der Waals surface area (Å²) in [6.45, 7) is 0. The standard InChI is InChI=1S/C10H10N2O2/c13-9-5-4-8(12-10(9)14)7-3-1-2-6-11-7/h1-6,9-10,13-14H. The second-order valence-corrected chi connectivity index (χ2v) is 2.99. The van der Waals surface area contributed by atoms with Crippen LogP contribution in [0.2, 0.25) is 0 Å². The van der Waals surface area contributed by atoms with Crippen LogP contribution in [0.3, 0.4) is 0 Å². The van der Waals surface area contributed by atoms with Crippen LogP contribution in [-0.2, 0) is 0 Å². The highest BCUT2D eigenvalue weighted by molar-refractivity contribution is 6.07. The maximum absolute atomic E-state index is 9.29. The predicted molar refractivity (Wildman–Crippen MR) is 51.9 cm³/mol. The van der Waals surface area contributed by atoms with Crippen molar-refractivity contribution in [2.24, 2.45) is 4.99 Å². The van der Waals surface area contributed by atoms with Gasteiger partial charge in [-0.3, -0.25) is 4.98 Å². The van der Waals surface area contributed by atoms with Crippen LogP contribution < -0.4 is 0 Å². The van der Waals surface area contributed by atoms with E-state index in [1.165, 1.54) is 6.08 Å². The lowest BCUT2D eigenvalue weighted by atomic mass is 10.1. The number of nitrogens with zero attached hydrogens (tertiary/aromatic N) is 2. The SMILES string of the molecule is OC1C=CC(c2ccccn2)=NC1O. The molecular weight excluding hydrogens is 180 g/mol. The van der Waals surface area contributed by atoms with Gasteiger partial charge in [0.2, 0.25) is 0 Å². The second kappa shape index (κ2) is 3.69. The molecule has 2 heterocycles. The molecule has 4 heteroatoms. The molecule has 0 saturated heterocycles. The van der Waals surface area contributed by atoms with Gasteiger partial charge in [0, 0.05) is 6.20 Å². The molecule has 1 aliphatic rings. The lowest BCUT2D eigenvalue weighted by molar-refractivity contribution is 0.0540. The van der Waals surface area contributed by atoms with Crippen LogP contribution in [0.1, 0.15) is 5.69 Å². The monoisotopic (exact) mass is 190 g/mol. The van der Waals surface area contributed by atoms with E-state index < -0.39 is 12.3 Å². The van der Waals surface area contributed by atoms with E-state index in [-0.39, 0.29) is 0 Å². The summed E-state index contributed by atoms with van der Waals surface area (Å²) in [5.41, 5.74) is 1.28. The smallest absolute Gasteiger partial charge is 0.175 e. The number of aliphatic imine (C=N–C) groups is 1. The highest BCUT2D eigenvalue weighted by Gasteiger charge is 2.17. The van der Waals surface area contributed by atoms with Crippen LogP contribution in [-0.4, -0.2) is 33.2 Å². The van der Waals surface area contributed by atoms with Crippen molar-refractivity contribution in [3.63, 3.8) is 0 Å². The molecule has 0 spiro atoms. The molecule has 1 aromatic rings. The van der Waals surface area contributed by atoms with Gasteiger partial charge >= 0.3 is 0 Å². The Morgan fingerprint density at radius 3 is 2.71 bits per heavy atom. The maximum Gasteiger partial charge on any atom is 0.175 e. The fourth-order valence-corrected chi connectivity index (χ4v) is 1.22. The van der Waals surface area contributed by atoms with Gasteiger partial charge < -0.3 is 10.2 Å². The average Bonchev–Trinajstić information content (AvgIpc) is 2.23. The van der Waals surface area contributed by atoms with E-state index in [0.717, 1.165) is 0 Å². The maximum atomic E-state index is 9.29. The summed E-state index contributed by atoms with van der Waals surface area (Å²) in [6.07, 6.45) is 2.81. The molecule has 0 bridgehead atoms. The number of pyridine rings is 1. The third-order valence-electron chi connectivity index (χ3n) is 1.96. The number of hydrogen-bond acceptors (Lipinski definition) is 4. The van der Waals surface area contributed by atoms with Gasteiger partial charge in [0.25, 0.3) is 0 Å². The first-order chi connectivity index (χ1) is 6.77. The fraction of sp³-hybridized carbons (Fsp3) is 0.200. The molecule has 14 heavy (non-hydrogen) atoms. The minimum Gasteiger partial charge on any atom is -0.384 e. The zero-order valence-electron chi connectivity index (χ0n) is 7.41. The zero-order chi connectivity index (χ0) is 9.97. The Morgan fingerprint density at radius 1 is 1.21 bits per heavy atom. The second-order valence-electron chi connectivity index (χ2n) is 2.99. The Morgan fingerprint density at radius 2 is 2.07 bits per heavy atom. The van der Waals surface area contributed by atoms with E-state index in [1.54, 1.807) is 18.3 Å². The van der Waals surface area contributed by atoms with Gasteiger partial charge in [0.1, 0.15) is 6.10 Å². The van der Waals surface area contributed by atoms with E-state index >= 15 is 0 Å². The van der Waals surface area contributed by atoms with Crippen molar-refractivity contribution < 1.29 is 10.2 Å². The highest BCUT2D eigenvalue weighted by Crippen LogP contribution is 2.09. The summed E-state index contributed by atoms with van der Waals surface area (Å²) in [5, 5.41) is 18.5. The summed E-state index contributed by atoms with van der Waals surface area (Å²) in [7, 11) is 0. The Hall–Kier alpha value is -1.52. The van der Waals surface area contributed by atoms with Crippen LogP contribution in [0.5, 0.6) is 0 Å². The number of dihydropyridines is 1. The normalized spacial score (nSPS) is 26.0. The topological polar surface area (TPSA) is 65.7 Å². The van der Waals surface area contributed by atoms with Crippen molar-refractivity contribution in [2.45, 2.75) is 12.3 Å². The molecule has 0 aliphatic carbocycles. The molecule has 1 aromatic heterocycles. The Balaban J connectivity index is 2.30. The molecule has 2 atom stereocenters. The Labute approximate surface area is 81.3 Å². The molecule has 0 radical (unpaired) electrons. The first-order valence-corrected chi connectivity index (χ1v) is 4.31. The largest absolute Gasteiger partial charge is 0.384 e. The summed E-state index contributed by atoms with van der Waals surface area (Å²) in [6, 6.07) is 5.45. The lowest BCUT2D eigenvalue weighted by Gasteiger charge is -2.15. The van der Waals surface area contributed by atoms with Crippen LogP contribution in [0.4, 0.5) is 0 Å². The predicted octanol–water partition coefficient (Wildman–Crippen LogP) is 0.120. The summed E-state index contributed by atoms with van der Waals surface area (Å²) in [5.74, 6) is 0. The number of allylic oxidation sites excluding steroid dienone is 1. The molecule has 0 saturated carbocycles. The van der Waals surface area contributed by atoms with Crippen LogP contribution >= 0.6 is 0 Å². The molecule has 4 nitrogen and oxygen atoms in total.